The maximum Gasteiger partial charge on any atom is 0.337 e. The predicted molar refractivity (Wildman–Crippen MR) is 124 cm³/mol. The Morgan fingerprint density at radius 1 is 1.03 bits per heavy atom. The van der Waals surface area contributed by atoms with Gasteiger partial charge < -0.3 is 9.30 Å². The number of hydrogen-bond acceptors (Lipinski definition) is 4. The molecule has 5 rings (SSSR count). The van der Waals surface area contributed by atoms with Crippen LogP contribution in [0.15, 0.2) is 64.4 Å². The quantitative estimate of drug-likeness (QED) is 0.483. The van der Waals surface area contributed by atoms with Gasteiger partial charge in [0.25, 0.3) is 5.56 Å². The predicted octanol–water partition coefficient (Wildman–Crippen LogP) is 3.83. The number of aromatic nitrogens is 4. The Labute approximate surface area is 185 Å². The number of fused-ring (bicyclic) bond motifs is 1. The monoisotopic (exact) mass is 430 g/mol. The number of para-hydroxylation sites is 1. The average molecular weight is 431 g/mol. The van der Waals surface area contributed by atoms with E-state index in [1.165, 1.54) is 4.57 Å². The number of imidazole rings is 1. The van der Waals surface area contributed by atoms with Gasteiger partial charge in [-0.2, -0.15) is 0 Å². The van der Waals surface area contributed by atoms with E-state index in [9.17, 15) is 9.59 Å². The van der Waals surface area contributed by atoms with Crippen molar-refractivity contribution in [3.63, 3.8) is 0 Å². The van der Waals surface area contributed by atoms with Crippen molar-refractivity contribution in [2.45, 2.75) is 45.2 Å². The molecule has 0 amide bonds. The Kier molecular flexibility index (Phi) is 5.17. The molecule has 1 aliphatic carbocycles. The fourth-order valence-corrected chi connectivity index (χ4v) is 4.72. The third kappa shape index (κ3) is 3.34. The first-order valence-electron chi connectivity index (χ1n) is 11.0. The normalized spacial score (nSPS) is 14.3. The summed E-state index contributed by atoms with van der Waals surface area (Å²) in [5.41, 5.74) is 3.02. The lowest BCUT2D eigenvalue weighted by Crippen LogP contribution is -2.42. The van der Waals surface area contributed by atoms with Gasteiger partial charge in [-0.25, -0.2) is 14.3 Å². The van der Waals surface area contributed by atoms with Crippen LogP contribution in [0.1, 0.15) is 42.9 Å². The van der Waals surface area contributed by atoms with E-state index in [1.54, 1.807) is 18.0 Å². The second-order valence-electron chi connectivity index (χ2n) is 8.41. The molecule has 7 nitrogen and oxygen atoms in total. The van der Waals surface area contributed by atoms with Gasteiger partial charge in [-0.05, 0) is 49.1 Å². The highest BCUT2D eigenvalue weighted by Crippen LogP contribution is 2.28. The summed E-state index contributed by atoms with van der Waals surface area (Å²) >= 11 is 0. The smallest absolute Gasteiger partial charge is 0.337 e. The first kappa shape index (κ1) is 20.3. The van der Waals surface area contributed by atoms with Gasteiger partial charge in [0.05, 0.1) is 19.1 Å². The minimum absolute atomic E-state index is 0.0704. The van der Waals surface area contributed by atoms with Crippen LogP contribution in [0, 0.1) is 6.92 Å². The van der Waals surface area contributed by atoms with Gasteiger partial charge in [0.15, 0.2) is 11.2 Å². The molecule has 0 saturated heterocycles. The molecule has 1 aliphatic rings. The second-order valence-corrected chi connectivity index (χ2v) is 8.41. The molecule has 7 heteroatoms. The number of methoxy groups -OCH3 is 1. The van der Waals surface area contributed by atoms with Crippen molar-refractivity contribution in [2.75, 3.05) is 7.11 Å². The molecule has 0 aliphatic heterocycles. The SMILES string of the molecule is COc1ccc(Cn2cnc3c2c(=O)n(C2CCCC2)c(=O)n3-c2ccccc2C)cc1. The highest BCUT2D eigenvalue weighted by atomic mass is 16.5. The van der Waals surface area contributed by atoms with E-state index in [-0.39, 0.29) is 17.3 Å². The topological polar surface area (TPSA) is 71.1 Å². The van der Waals surface area contributed by atoms with E-state index in [4.69, 9.17) is 4.74 Å². The molecule has 2 heterocycles. The molecular formula is C25H26N4O3. The molecule has 2 aromatic carbocycles. The molecule has 0 spiro atoms. The molecule has 1 saturated carbocycles. The van der Waals surface area contributed by atoms with Crippen molar-refractivity contribution < 1.29 is 4.74 Å². The first-order valence-corrected chi connectivity index (χ1v) is 11.0. The second kappa shape index (κ2) is 8.15. The lowest BCUT2D eigenvalue weighted by Gasteiger charge is -2.17. The zero-order valence-electron chi connectivity index (χ0n) is 18.3. The van der Waals surface area contributed by atoms with Gasteiger partial charge in [0, 0.05) is 12.6 Å². The number of nitrogens with zero attached hydrogens (tertiary/aromatic N) is 4. The third-order valence-corrected chi connectivity index (χ3v) is 6.41. The summed E-state index contributed by atoms with van der Waals surface area (Å²) in [5, 5.41) is 0. The van der Waals surface area contributed by atoms with Crippen LogP contribution in [-0.2, 0) is 6.54 Å². The Balaban J connectivity index is 1.75. The summed E-state index contributed by atoms with van der Waals surface area (Å²) in [6, 6.07) is 15.4. The van der Waals surface area contributed by atoms with E-state index in [1.807, 2.05) is 60.0 Å². The highest BCUT2D eigenvalue weighted by Gasteiger charge is 2.26. The minimum atomic E-state index is -0.307. The largest absolute Gasteiger partial charge is 0.497 e. The summed E-state index contributed by atoms with van der Waals surface area (Å²) in [4.78, 5) is 31.8. The number of benzene rings is 2. The lowest BCUT2D eigenvalue weighted by atomic mass is 10.2. The van der Waals surface area contributed by atoms with E-state index >= 15 is 0 Å². The van der Waals surface area contributed by atoms with Gasteiger partial charge in [0.2, 0.25) is 0 Å². The Hall–Kier alpha value is -3.61. The molecule has 0 unspecified atom stereocenters. The van der Waals surface area contributed by atoms with E-state index in [2.05, 4.69) is 4.98 Å². The summed E-state index contributed by atoms with van der Waals surface area (Å²) in [5.74, 6) is 0.779. The zero-order valence-corrected chi connectivity index (χ0v) is 18.3. The van der Waals surface area contributed by atoms with Crippen molar-refractivity contribution >= 4 is 11.2 Å². The van der Waals surface area contributed by atoms with Crippen LogP contribution in [0.2, 0.25) is 0 Å². The van der Waals surface area contributed by atoms with Crippen molar-refractivity contribution in [1.82, 2.24) is 18.7 Å². The average Bonchev–Trinajstić information content (AvgIpc) is 3.46. The van der Waals surface area contributed by atoms with Gasteiger partial charge in [-0.15, -0.1) is 0 Å². The number of ether oxygens (including phenoxy) is 1. The lowest BCUT2D eigenvalue weighted by molar-refractivity contribution is 0.414. The van der Waals surface area contributed by atoms with Gasteiger partial charge >= 0.3 is 5.69 Å². The molecule has 32 heavy (non-hydrogen) atoms. The fraction of sp³-hybridized carbons (Fsp3) is 0.320. The van der Waals surface area contributed by atoms with Crippen molar-refractivity contribution in [3.8, 4) is 11.4 Å². The van der Waals surface area contributed by atoms with Gasteiger partial charge in [-0.3, -0.25) is 9.36 Å². The summed E-state index contributed by atoms with van der Waals surface area (Å²) in [6.45, 7) is 2.44. The van der Waals surface area contributed by atoms with E-state index in [0.29, 0.717) is 17.7 Å². The summed E-state index contributed by atoms with van der Waals surface area (Å²) in [6.07, 6.45) is 5.42. The maximum atomic E-state index is 13.6. The number of aryl methyl sites for hydroxylation is 1. The third-order valence-electron chi connectivity index (χ3n) is 6.41. The zero-order chi connectivity index (χ0) is 22.2. The van der Waals surface area contributed by atoms with Crippen LogP contribution in [0.4, 0.5) is 0 Å². The van der Waals surface area contributed by atoms with Crippen molar-refractivity contribution in [1.29, 1.82) is 0 Å². The Morgan fingerprint density at radius 2 is 1.75 bits per heavy atom. The van der Waals surface area contributed by atoms with Crippen LogP contribution >= 0.6 is 0 Å². The number of hydrogen-bond donors (Lipinski definition) is 0. The standard InChI is InChI=1S/C25H26N4O3/c1-17-7-3-6-10-21(17)29-23-22(24(30)28(25(29)31)19-8-4-5-9-19)27(16-26-23)15-18-11-13-20(32-2)14-12-18/h3,6-7,10-14,16,19H,4-5,8-9,15H2,1-2H3. The van der Waals surface area contributed by atoms with E-state index in [0.717, 1.165) is 48.2 Å². The van der Waals surface area contributed by atoms with Crippen LogP contribution < -0.4 is 16.0 Å². The van der Waals surface area contributed by atoms with E-state index < -0.39 is 0 Å². The minimum Gasteiger partial charge on any atom is -0.497 e. The van der Waals surface area contributed by atoms with Crippen LogP contribution in [0.3, 0.4) is 0 Å². The molecule has 0 bridgehead atoms. The molecule has 0 atom stereocenters. The van der Waals surface area contributed by atoms with Gasteiger partial charge in [0.1, 0.15) is 5.75 Å². The summed E-state index contributed by atoms with van der Waals surface area (Å²) in [7, 11) is 1.63. The van der Waals surface area contributed by atoms with Crippen LogP contribution in [-0.4, -0.2) is 25.8 Å². The molecule has 0 radical (unpaired) electrons. The number of rotatable bonds is 5. The van der Waals surface area contributed by atoms with Gasteiger partial charge in [-0.1, -0.05) is 43.2 Å². The molecule has 0 N–H and O–H groups in total. The molecule has 164 valence electrons. The van der Waals surface area contributed by atoms with Crippen molar-refractivity contribution in [2.24, 2.45) is 0 Å². The first-order chi connectivity index (χ1) is 15.6. The molecular weight excluding hydrogens is 404 g/mol. The van der Waals surface area contributed by atoms with Crippen LogP contribution in [0.5, 0.6) is 5.75 Å². The fourth-order valence-electron chi connectivity index (χ4n) is 4.72. The van der Waals surface area contributed by atoms with Crippen molar-refractivity contribution in [3.05, 3.63) is 86.8 Å². The summed E-state index contributed by atoms with van der Waals surface area (Å²) < 4.78 is 10.2. The van der Waals surface area contributed by atoms with Crippen LogP contribution in [0.25, 0.3) is 16.9 Å². The maximum absolute atomic E-state index is 13.6. The molecule has 1 fully saturated rings. The Morgan fingerprint density at radius 3 is 2.44 bits per heavy atom. The highest BCUT2D eigenvalue weighted by molar-refractivity contribution is 5.73. The molecule has 2 aromatic heterocycles. The Bertz CT molecular complexity index is 1390. The molecule has 4 aromatic rings.